The van der Waals surface area contributed by atoms with Gasteiger partial charge in [-0.2, -0.15) is 0 Å². The highest BCUT2D eigenvalue weighted by Crippen LogP contribution is 2.47. The van der Waals surface area contributed by atoms with E-state index in [2.05, 4.69) is 33.4 Å². The summed E-state index contributed by atoms with van der Waals surface area (Å²) in [7, 11) is 0. The lowest BCUT2D eigenvalue weighted by molar-refractivity contribution is -0.122. The largest absolute Gasteiger partial charge is 0.366 e. The highest BCUT2D eigenvalue weighted by atomic mass is 79.9. The van der Waals surface area contributed by atoms with Gasteiger partial charge in [0.2, 0.25) is 11.8 Å². The lowest BCUT2D eigenvalue weighted by atomic mass is 10.1. The zero-order valence-corrected chi connectivity index (χ0v) is 14.0. The van der Waals surface area contributed by atoms with E-state index in [0.29, 0.717) is 18.0 Å². The van der Waals surface area contributed by atoms with E-state index in [-0.39, 0.29) is 11.8 Å². The molecular formula is C18H17BrN2O2. The number of halogens is 1. The predicted molar refractivity (Wildman–Crippen MR) is 91.8 cm³/mol. The highest BCUT2D eigenvalue weighted by molar-refractivity contribution is 9.10. The summed E-state index contributed by atoms with van der Waals surface area (Å²) in [6, 6.07) is 15.1. The molecule has 5 heteroatoms. The second-order valence-electron chi connectivity index (χ2n) is 5.78. The maximum atomic E-state index is 12.2. The monoisotopic (exact) mass is 372 g/mol. The minimum absolute atomic E-state index is 0.0565. The number of carbonyl (C=O) groups excluding carboxylic acids is 2. The average molecular weight is 373 g/mol. The van der Waals surface area contributed by atoms with Crippen LogP contribution in [0.2, 0.25) is 0 Å². The first kappa shape index (κ1) is 15.7. The number of amides is 2. The Morgan fingerprint density at radius 1 is 1.09 bits per heavy atom. The molecule has 1 saturated carbocycles. The van der Waals surface area contributed by atoms with E-state index >= 15 is 0 Å². The minimum atomic E-state index is -0.448. The molecule has 1 fully saturated rings. The Labute approximate surface area is 143 Å². The third-order valence-electron chi connectivity index (χ3n) is 4.13. The Hall–Kier alpha value is -2.14. The molecule has 23 heavy (non-hydrogen) atoms. The fraction of sp³-hybridized carbons (Fsp3) is 0.222. The fourth-order valence-corrected chi connectivity index (χ4v) is 2.93. The van der Waals surface area contributed by atoms with Crippen LogP contribution < -0.4 is 11.1 Å². The van der Waals surface area contributed by atoms with Gasteiger partial charge in [-0.05, 0) is 47.7 Å². The van der Waals surface area contributed by atoms with Gasteiger partial charge in [-0.1, -0.05) is 40.2 Å². The van der Waals surface area contributed by atoms with Crippen LogP contribution in [0.1, 0.15) is 33.8 Å². The van der Waals surface area contributed by atoms with Crippen LogP contribution in [-0.4, -0.2) is 11.8 Å². The molecule has 0 aliphatic heterocycles. The molecule has 0 bridgehead atoms. The van der Waals surface area contributed by atoms with Crippen molar-refractivity contribution in [2.45, 2.75) is 18.9 Å². The van der Waals surface area contributed by atoms with Gasteiger partial charge in [0.15, 0.2) is 0 Å². The molecule has 1 aliphatic carbocycles. The van der Waals surface area contributed by atoms with Gasteiger partial charge in [-0.25, -0.2) is 0 Å². The summed E-state index contributed by atoms with van der Waals surface area (Å²) in [6.45, 7) is 0.460. The Bertz CT molecular complexity index is 726. The van der Waals surface area contributed by atoms with Crippen LogP contribution in [0.3, 0.4) is 0 Å². The first-order valence-electron chi connectivity index (χ1n) is 7.46. The predicted octanol–water partition coefficient (Wildman–Crippen LogP) is 2.97. The van der Waals surface area contributed by atoms with Crippen LogP contribution in [0, 0.1) is 5.92 Å². The van der Waals surface area contributed by atoms with Crippen molar-refractivity contribution in [1.82, 2.24) is 5.32 Å². The van der Waals surface area contributed by atoms with Gasteiger partial charge in [0, 0.05) is 22.5 Å². The third kappa shape index (κ3) is 3.79. The van der Waals surface area contributed by atoms with Crippen molar-refractivity contribution in [3.63, 3.8) is 0 Å². The number of hydrogen-bond acceptors (Lipinski definition) is 2. The molecule has 0 unspecified atom stereocenters. The molecule has 2 atom stereocenters. The normalized spacial score (nSPS) is 19.2. The van der Waals surface area contributed by atoms with Crippen LogP contribution >= 0.6 is 15.9 Å². The zero-order chi connectivity index (χ0) is 16.4. The van der Waals surface area contributed by atoms with Crippen molar-refractivity contribution in [2.24, 2.45) is 11.7 Å². The molecule has 0 radical (unpaired) electrons. The van der Waals surface area contributed by atoms with E-state index in [1.807, 2.05) is 12.1 Å². The van der Waals surface area contributed by atoms with E-state index in [9.17, 15) is 9.59 Å². The number of rotatable bonds is 5. The lowest BCUT2D eigenvalue weighted by Gasteiger charge is -2.06. The van der Waals surface area contributed by atoms with Gasteiger partial charge in [-0.3, -0.25) is 9.59 Å². The fourth-order valence-electron chi connectivity index (χ4n) is 2.67. The summed E-state index contributed by atoms with van der Waals surface area (Å²) < 4.78 is 1.04. The van der Waals surface area contributed by atoms with Crippen LogP contribution in [0.5, 0.6) is 0 Å². The van der Waals surface area contributed by atoms with Crippen molar-refractivity contribution < 1.29 is 9.59 Å². The second kappa shape index (κ2) is 6.54. The van der Waals surface area contributed by atoms with Gasteiger partial charge < -0.3 is 11.1 Å². The summed E-state index contributed by atoms with van der Waals surface area (Å²) in [4.78, 5) is 23.2. The number of carbonyl (C=O) groups is 2. The molecule has 3 rings (SSSR count). The van der Waals surface area contributed by atoms with E-state index in [1.54, 1.807) is 24.3 Å². The minimum Gasteiger partial charge on any atom is -0.366 e. The molecule has 0 aromatic heterocycles. The molecule has 1 aliphatic rings. The topological polar surface area (TPSA) is 72.2 Å². The molecule has 3 N–H and O–H groups in total. The van der Waals surface area contributed by atoms with Gasteiger partial charge in [-0.15, -0.1) is 0 Å². The van der Waals surface area contributed by atoms with Gasteiger partial charge in [0.25, 0.3) is 0 Å². The number of primary amides is 1. The van der Waals surface area contributed by atoms with Crippen LogP contribution in [0.25, 0.3) is 0 Å². The molecule has 0 spiro atoms. The van der Waals surface area contributed by atoms with Crippen molar-refractivity contribution in [3.8, 4) is 0 Å². The van der Waals surface area contributed by atoms with Crippen LogP contribution in [0.4, 0.5) is 0 Å². The number of benzene rings is 2. The molecule has 4 nitrogen and oxygen atoms in total. The number of nitrogens with two attached hydrogens (primary N) is 1. The molecule has 2 aromatic carbocycles. The average Bonchev–Trinajstić information content (AvgIpc) is 3.34. The number of hydrogen-bond donors (Lipinski definition) is 2. The first-order valence-corrected chi connectivity index (χ1v) is 8.26. The molecule has 118 valence electrons. The Morgan fingerprint density at radius 2 is 1.74 bits per heavy atom. The second-order valence-corrected chi connectivity index (χ2v) is 6.69. The lowest BCUT2D eigenvalue weighted by Crippen LogP contribution is -2.24. The van der Waals surface area contributed by atoms with Gasteiger partial charge in [0.05, 0.1) is 0 Å². The maximum absolute atomic E-state index is 12.2. The standard InChI is InChI=1S/C18H17BrN2O2/c19-14-7-5-12(6-8-14)15-9-16(15)18(23)21-10-11-1-3-13(4-2-11)17(20)22/h1-8,15-16H,9-10H2,(H2,20,22)(H,21,23)/t15-,16+/m1/s1. The Kier molecular flexibility index (Phi) is 4.48. The summed E-state index contributed by atoms with van der Waals surface area (Å²) >= 11 is 3.42. The Balaban J connectivity index is 1.52. The highest BCUT2D eigenvalue weighted by Gasteiger charge is 2.43. The summed E-state index contributed by atoms with van der Waals surface area (Å²) in [5.41, 5.74) is 7.83. The molecule has 0 saturated heterocycles. The van der Waals surface area contributed by atoms with Gasteiger partial charge >= 0.3 is 0 Å². The van der Waals surface area contributed by atoms with Gasteiger partial charge in [0.1, 0.15) is 0 Å². The van der Waals surface area contributed by atoms with Crippen molar-refractivity contribution in [1.29, 1.82) is 0 Å². The van der Waals surface area contributed by atoms with E-state index in [4.69, 9.17) is 5.73 Å². The quantitative estimate of drug-likeness (QED) is 0.846. The number of nitrogens with one attached hydrogen (secondary N) is 1. The van der Waals surface area contributed by atoms with Crippen LogP contribution in [0.15, 0.2) is 53.0 Å². The molecular weight excluding hydrogens is 356 g/mol. The Morgan fingerprint density at radius 3 is 2.35 bits per heavy atom. The van der Waals surface area contributed by atoms with E-state index < -0.39 is 5.91 Å². The smallest absolute Gasteiger partial charge is 0.248 e. The van der Waals surface area contributed by atoms with E-state index in [1.165, 1.54) is 5.56 Å². The summed E-state index contributed by atoms with van der Waals surface area (Å²) in [5.74, 6) is 0.00853. The molecule has 0 heterocycles. The summed E-state index contributed by atoms with van der Waals surface area (Å²) in [6.07, 6.45) is 0.897. The van der Waals surface area contributed by atoms with Crippen molar-refractivity contribution >= 4 is 27.7 Å². The van der Waals surface area contributed by atoms with E-state index in [0.717, 1.165) is 16.5 Å². The van der Waals surface area contributed by atoms with Crippen molar-refractivity contribution in [3.05, 3.63) is 69.7 Å². The zero-order valence-electron chi connectivity index (χ0n) is 12.5. The summed E-state index contributed by atoms with van der Waals surface area (Å²) in [5, 5.41) is 2.96. The molecule has 2 aromatic rings. The third-order valence-corrected chi connectivity index (χ3v) is 4.66. The maximum Gasteiger partial charge on any atom is 0.248 e. The van der Waals surface area contributed by atoms with Crippen LogP contribution in [-0.2, 0) is 11.3 Å². The van der Waals surface area contributed by atoms with Crippen molar-refractivity contribution in [2.75, 3.05) is 0 Å². The molecule has 2 amide bonds. The first-order chi connectivity index (χ1) is 11.0. The SMILES string of the molecule is NC(=O)c1ccc(CNC(=O)[C@H]2C[C@@H]2c2ccc(Br)cc2)cc1.